The Kier molecular flexibility index (Phi) is 6.52. The van der Waals surface area contributed by atoms with Crippen LogP contribution in [0.15, 0.2) is 24.4 Å². The number of thiazole rings is 1. The first-order valence-electron chi connectivity index (χ1n) is 9.87. The Morgan fingerprint density at radius 2 is 2.14 bits per heavy atom. The molecule has 0 aromatic carbocycles. The zero-order valence-electron chi connectivity index (χ0n) is 17.2. The fourth-order valence-electron chi connectivity index (χ4n) is 3.48. The van der Waals surface area contributed by atoms with Crippen molar-refractivity contribution in [2.75, 3.05) is 18.0 Å². The monoisotopic (exact) mass is 416 g/mol. The second-order valence-electron chi connectivity index (χ2n) is 8.38. The van der Waals surface area contributed by atoms with Crippen LogP contribution in [0.25, 0.3) is 0 Å². The lowest BCUT2D eigenvalue weighted by molar-refractivity contribution is -0.156. The number of aromatic nitrogens is 2. The Labute approximate surface area is 175 Å². The number of rotatable bonds is 6. The zero-order valence-corrected chi connectivity index (χ0v) is 18.0. The molecule has 2 N–H and O–H groups in total. The third-order valence-electron chi connectivity index (χ3n) is 4.65. The molecule has 7 nitrogen and oxygen atoms in total. The van der Waals surface area contributed by atoms with Gasteiger partial charge in [0.15, 0.2) is 5.13 Å². The molecule has 1 fully saturated rings. The quantitative estimate of drug-likeness (QED) is 0.726. The van der Waals surface area contributed by atoms with Gasteiger partial charge >= 0.3 is 5.97 Å². The van der Waals surface area contributed by atoms with Gasteiger partial charge in [0, 0.05) is 36.3 Å². The minimum atomic E-state index is -0.527. The minimum Gasteiger partial charge on any atom is -0.460 e. The van der Waals surface area contributed by atoms with E-state index < -0.39 is 11.5 Å². The number of nitrogens with zero attached hydrogens (tertiary/aromatic N) is 3. The predicted molar refractivity (Wildman–Crippen MR) is 113 cm³/mol. The van der Waals surface area contributed by atoms with E-state index in [0.717, 1.165) is 35.1 Å². The first-order valence-corrected chi connectivity index (χ1v) is 10.7. The number of esters is 1. The van der Waals surface area contributed by atoms with Crippen LogP contribution in [0.2, 0.25) is 0 Å². The van der Waals surface area contributed by atoms with E-state index in [1.165, 1.54) is 11.3 Å². The number of hydrogen-bond donors (Lipinski definition) is 1. The van der Waals surface area contributed by atoms with E-state index >= 15 is 0 Å². The van der Waals surface area contributed by atoms with Gasteiger partial charge in [0.1, 0.15) is 11.3 Å². The molecular formula is C21H28N4O3S. The maximum absolute atomic E-state index is 12.2. The lowest BCUT2D eigenvalue weighted by Gasteiger charge is -2.32. The van der Waals surface area contributed by atoms with Crippen molar-refractivity contribution in [3.05, 3.63) is 40.7 Å². The lowest BCUT2D eigenvalue weighted by atomic mass is 9.95. The normalized spacial score (nSPS) is 17.2. The summed E-state index contributed by atoms with van der Waals surface area (Å²) in [7, 11) is 0. The Bertz CT molecular complexity index is 861. The Morgan fingerprint density at radius 1 is 1.34 bits per heavy atom. The average Bonchev–Trinajstić information content (AvgIpc) is 3.05. The van der Waals surface area contributed by atoms with E-state index in [1.54, 1.807) is 6.20 Å². The summed E-state index contributed by atoms with van der Waals surface area (Å²) >= 11 is 1.48. The van der Waals surface area contributed by atoms with Gasteiger partial charge in [-0.05, 0) is 51.7 Å². The molecule has 0 bridgehead atoms. The summed E-state index contributed by atoms with van der Waals surface area (Å²) in [6.07, 6.45) is 4.58. The summed E-state index contributed by atoms with van der Waals surface area (Å²) in [6.45, 7) is 7.19. The van der Waals surface area contributed by atoms with Crippen LogP contribution in [0, 0.1) is 5.92 Å². The lowest BCUT2D eigenvalue weighted by Crippen LogP contribution is -2.37. The summed E-state index contributed by atoms with van der Waals surface area (Å²) in [6, 6.07) is 5.69. The van der Waals surface area contributed by atoms with Crippen LogP contribution in [0.4, 0.5) is 5.13 Å². The van der Waals surface area contributed by atoms with Crippen LogP contribution in [0.5, 0.6) is 0 Å². The van der Waals surface area contributed by atoms with Crippen LogP contribution in [0.1, 0.15) is 61.1 Å². The van der Waals surface area contributed by atoms with Gasteiger partial charge in [0.2, 0.25) is 0 Å². The molecule has 8 heteroatoms. The third-order valence-corrected chi connectivity index (χ3v) is 5.77. The summed E-state index contributed by atoms with van der Waals surface area (Å²) in [4.78, 5) is 35.9. The highest BCUT2D eigenvalue weighted by atomic mass is 32.1. The van der Waals surface area contributed by atoms with Gasteiger partial charge < -0.3 is 15.4 Å². The van der Waals surface area contributed by atoms with Crippen molar-refractivity contribution < 1.29 is 14.3 Å². The molecule has 3 heterocycles. The SMILES string of the molecule is CC(C)(C)OC(=O)C[C@@H]1CCCN(c2nc(C(N)=O)c(Cc3ccccn3)s2)C1. The zero-order chi connectivity index (χ0) is 21.0. The van der Waals surface area contributed by atoms with Crippen LogP contribution in [0.3, 0.4) is 0 Å². The third kappa shape index (κ3) is 6.00. The predicted octanol–water partition coefficient (Wildman–Crippen LogP) is 3.18. The Balaban J connectivity index is 1.71. The van der Waals surface area contributed by atoms with E-state index in [9.17, 15) is 9.59 Å². The number of primary amides is 1. The van der Waals surface area contributed by atoms with E-state index in [4.69, 9.17) is 10.5 Å². The number of anilines is 1. The van der Waals surface area contributed by atoms with Crippen molar-refractivity contribution in [2.45, 2.75) is 52.1 Å². The standard InChI is InChI=1S/C21H28N4O3S/c1-21(2,3)28-17(26)11-14-7-6-10-25(13-14)20-24-18(19(22)27)16(29-20)12-15-8-4-5-9-23-15/h4-5,8-9,14H,6-7,10-13H2,1-3H3,(H2,22,27)/t14-/m0/s1. The van der Waals surface area contributed by atoms with Crippen LogP contribution in [-0.4, -0.2) is 40.5 Å². The first-order chi connectivity index (χ1) is 13.7. The number of carbonyl (C=O) groups excluding carboxylic acids is 2. The molecule has 1 aliphatic rings. The van der Waals surface area contributed by atoms with Crippen molar-refractivity contribution in [3.63, 3.8) is 0 Å². The van der Waals surface area contributed by atoms with Gasteiger partial charge in [-0.3, -0.25) is 14.6 Å². The number of amides is 1. The molecular weight excluding hydrogens is 388 g/mol. The van der Waals surface area contributed by atoms with Crippen molar-refractivity contribution in [1.82, 2.24) is 9.97 Å². The Morgan fingerprint density at radius 3 is 2.79 bits per heavy atom. The number of nitrogens with two attached hydrogens (primary N) is 1. The van der Waals surface area contributed by atoms with Gasteiger partial charge in [0.05, 0.1) is 6.42 Å². The maximum atomic E-state index is 12.2. The first kappa shape index (κ1) is 21.2. The minimum absolute atomic E-state index is 0.169. The van der Waals surface area contributed by atoms with E-state index in [1.807, 2.05) is 39.0 Å². The van der Waals surface area contributed by atoms with Gasteiger partial charge in [0.25, 0.3) is 5.91 Å². The van der Waals surface area contributed by atoms with Crippen LogP contribution >= 0.6 is 11.3 Å². The molecule has 3 rings (SSSR count). The summed E-state index contributed by atoms with van der Waals surface area (Å²) in [5.74, 6) is -0.489. The number of carbonyl (C=O) groups is 2. The highest BCUT2D eigenvalue weighted by molar-refractivity contribution is 7.16. The summed E-state index contributed by atoms with van der Waals surface area (Å²) in [5.41, 5.74) is 6.27. The molecule has 2 aromatic heterocycles. The smallest absolute Gasteiger partial charge is 0.306 e. The number of pyridine rings is 1. The van der Waals surface area contributed by atoms with Crippen LogP contribution < -0.4 is 10.6 Å². The topological polar surface area (TPSA) is 98.4 Å². The molecule has 156 valence electrons. The molecule has 0 radical (unpaired) electrons. The fraction of sp³-hybridized carbons (Fsp3) is 0.524. The van der Waals surface area contributed by atoms with E-state index in [0.29, 0.717) is 25.1 Å². The molecule has 1 atom stereocenters. The van der Waals surface area contributed by atoms with Crippen molar-refractivity contribution in [2.24, 2.45) is 11.7 Å². The Hall–Kier alpha value is -2.48. The molecule has 0 spiro atoms. The molecule has 1 amide bonds. The molecule has 29 heavy (non-hydrogen) atoms. The summed E-state index contributed by atoms with van der Waals surface area (Å²) in [5, 5.41) is 0.776. The van der Waals surface area contributed by atoms with Crippen LogP contribution in [-0.2, 0) is 16.0 Å². The highest BCUT2D eigenvalue weighted by Crippen LogP contribution is 2.32. The molecule has 2 aromatic rings. The second kappa shape index (κ2) is 8.90. The van der Waals surface area contributed by atoms with Gasteiger partial charge in [-0.25, -0.2) is 4.98 Å². The van der Waals surface area contributed by atoms with Gasteiger partial charge in [-0.1, -0.05) is 6.07 Å². The molecule has 0 saturated carbocycles. The molecule has 0 unspecified atom stereocenters. The van der Waals surface area contributed by atoms with Gasteiger partial charge in [-0.15, -0.1) is 11.3 Å². The number of piperidine rings is 1. The molecule has 1 saturated heterocycles. The van der Waals surface area contributed by atoms with Crippen molar-refractivity contribution in [1.29, 1.82) is 0 Å². The highest BCUT2D eigenvalue weighted by Gasteiger charge is 2.28. The van der Waals surface area contributed by atoms with Gasteiger partial charge in [-0.2, -0.15) is 0 Å². The second-order valence-corrected chi connectivity index (χ2v) is 9.44. The van der Waals surface area contributed by atoms with Crippen molar-refractivity contribution in [3.8, 4) is 0 Å². The van der Waals surface area contributed by atoms with Crippen molar-refractivity contribution >= 4 is 28.3 Å². The number of ether oxygens (including phenoxy) is 1. The molecule has 0 aliphatic carbocycles. The largest absolute Gasteiger partial charge is 0.460 e. The summed E-state index contributed by atoms with van der Waals surface area (Å²) < 4.78 is 5.46. The average molecular weight is 417 g/mol. The number of hydrogen-bond acceptors (Lipinski definition) is 7. The fourth-order valence-corrected chi connectivity index (χ4v) is 4.59. The van der Waals surface area contributed by atoms with E-state index in [-0.39, 0.29) is 11.9 Å². The van der Waals surface area contributed by atoms with E-state index in [2.05, 4.69) is 14.9 Å². The molecule has 1 aliphatic heterocycles. The maximum Gasteiger partial charge on any atom is 0.306 e.